The zero-order valence-corrected chi connectivity index (χ0v) is 29.2. The molecule has 2 N–H and O–H groups in total. The van der Waals surface area contributed by atoms with Crippen LogP contribution in [0.5, 0.6) is 0 Å². The molecule has 0 saturated carbocycles. The number of allylic oxidation sites excluding steroid dienone is 3. The maximum atomic E-state index is 5.50. The Labute approximate surface area is 310 Å². The monoisotopic (exact) mass is 676 g/mol. The van der Waals surface area contributed by atoms with Crippen LogP contribution in [-0.2, 0) is 11.8 Å². The second kappa shape index (κ2) is 12.5. The Hall–Kier alpha value is -6.77. The van der Waals surface area contributed by atoms with Crippen LogP contribution in [0.4, 0.5) is 0 Å². The highest BCUT2D eigenvalue weighted by atomic mass is 14.7. The third kappa shape index (κ3) is 4.83. The van der Waals surface area contributed by atoms with Gasteiger partial charge in [-0.15, -0.1) is 0 Å². The first-order chi connectivity index (χ1) is 26.2. The van der Waals surface area contributed by atoms with Crippen molar-refractivity contribution in [1.82, 2.24) is 4.98 Å². The Morgan fingerprint density at radius 2 is 0.925 bits per heavy atom. The number of rotatable bonds is 6. The fraction of sp³-hybridized carbons (Fsp3) is 0.0392. The van der Waals surface area contributed by atoms with Crippen molar-refractivity contribution in [3.05, 3.63) is 222 Å². The highest BCUT2D eigenvalue weighted by molar-refractivity contribution is 5.97. The molecule has 7 aromatic carbocycles. The minimum Gasteiger partial charge on any atom is -0.405 e. The molecule has 1 spiro atoms. The van der Waals surface area contributed by atoms with Gasteiger partial charge in [-0.2, -0.15) is 0 Å². The van der Waals surface area contributed by atoms with E-state index in [9.17, 15) is 0 Å². The molecule has 0 saturated heterocycles. The first-order valence-corrected chi connectivity index (χ1v) is 18.3. The van der Waals surface area contributed by atoms with Gasteiger partial charge in [-0.1, -0.05) is 164 Å². The molecule has 1 aromatic heterocycles. The molecule has 0 unspecified atom stereocenters. The maximum Gasteiger partial charge on any atom is 0.0725 e. The topological polar surface area (TPSA) is 38.9 Å². The van der Waals surface area contributed by atoms with E-state index in [1.807, 2.05) is 12.2 Å². The smallest absolute Gasteiger partial charge is 0.0725 e. The van der Waals surface area contributed by atoms with Gasteiger partial charge in [-0.25, -0.2) is 0 Å². The van der Waals surface area contributed by atoms with Crippen molar-refractivity contribution in [2.75, 3.05) is 0 Å². The lowest BCUT2D eigenvalue weighted by atomic mass is 9.70. The van der Waals surface area contributed by atoms with Crippen LogP contribution < -0.4 is 5.73 Å². The molecule has 0 aliphatic heterocycles. The lowest BCUT2D eigenvalue weighted by Gasteiger charge is -2.30. The number of hydrogen-bond acceptors (Lipinski definition) is 2. The van der Waals surface area contributed by atoms with E-state index < -0.39 is 0 Å². The minimum absolute atomic E-state index is 0.337. The Morgan fingerprint density at radius 3 is 1.53 bits per heavy atom. The summed E-state index contributed by atoms with van der Waals surface area (Å²) in [4.78, 5) is 4.92. The van der Waals surface area contributed by atoms with E-state index >= 15 is 0 Å². The van der Waals surface area contributed by atoms with Gasteiger partial charge in [0.2, 0.25) is 0 Å². The normalized spacial score (nSPS) is 13.4. The SMILES string of the molecule is N/C=C\C=C/Cc1cc(-c2ccc(-c3ccc(-c4ccc5c(c4)C4(c6ccccc6-c6ccccc64)c4ccccc4-5)cc3)cc2)c2ccccc2n1. The number of hydrogen-bond donors (Lipinski definition) is 1. The van der Waals surface area contributed by atoms with Crippen LogP contribution in [0.3, 0.4) is 0 Å². The molecule has 2 nitrogen and oxygen atoms in total. The predicted octanol–water partition coefficient (Wildman–Crippen LogP) is 12.2. The quantitative estimate of drug-likeness (QED) is 0.178. The molecule has 0 bridgehead atoms. The molecule has 8 aromatic rings. The summed E-state index contributed by atoms with van der Waals surface area (Å²) in [7, 11) is 0. The summed E-state index contributed by atoms with van der Waals surface area (Å²) < 4.78 is 0. The van der Waals surface area contributed by atoms with E-state index in [0.717, 1.165) is 23.0 Å². The van der Waals surface area contributed by atoms with E-state index in [4.69, 9.17) is 10.7 Å². The molecule has 0 atom stereocenters. The van der Waals surface area contributed by atoms with E-state index in [-0.39, 0.29) is 5.41 Å². The zero-order valence-electron chi connectivity index (χ0n) is 29.2. The molecule has 0 amide bonds. The molecule has 0 fully saturated rings. The molecular formula is C51H36N2. The van der Waals surface area contributed by atoms with Crippen molar-refractivity contribution in [2.24, 2.45) is 5.73 Å². The van der Waals surface area contributed by atoms with Gasteiger partial charge in [-0.3, -0.25) is 4.98 Å². The van der Waals surface area contributed by atoms with Gasteiger partial charge >= 0.3 is 0 Å². The van der Waals surface area contributed by atoms with E-state index in [1.54, 1.807) is 6.20 Å². The largest absolute Gasteiger partial charge is 0.405 e. The summed E-state index contributed by atoms with van der Waals surface area (Å²) in [5.41, 5.74) is 25.2. The summed E-state index contributed by atoms with van der Waals surface area (Å²) in [6, 6.07) is 62.6. The van der Waals surface area contributed by atoms with E-state index in [1.165, 1.54) is 77.9 Å². The van der Waals surface area contributed by atoms with Crippen LogP contribution in [0.1, 0.15) is 27.9 Å². The van der Waals surface area contributed by atoms with Crippen molar-refractivity contribution in [2.45, 2.75) is 11.8 Å². The second-order valence-corrected chi connectivity index (χ2v) is 14.0. The molecule has 250 valence electrons. The third-order valence-electron chi connectivity index (χ3n) is 11.2. The summed E-state index contributed by atoms with van der Waals surface area (Å²) in [5.74, 6) is 0. The van der Waals surface area contributed by atoms with Gasteiger partial charge in [0.05, 0.1) is 10.9 Å². The van der Waals surface area contributed by atoms with Gasteiger partial charge in [-0.05, 0) is 108 Å². The summed E-state index contributed by atoms with van der Waals surface area (Å²) in [5, 5.41) is 1.16. The van der Waals surface area contributed by atoms with Crippen molar-refractivity contribution < 1.29 is 0 Å². The third-order valence-corrected chi connectivity index (χ3v) is 11.2. The Bertz CT molecular complexity index is 2690. The number of nitrogens with zero attached hydrogens (tertiary/aromatic N) is 1. The number of nitrogens with two attached hydrogens (primary N) is 1. The van der Waals surface area contributed by atoms with Gasteiger partial charge < -0.3 is 5.73 Å². The van der Waals surface area contributed by atoms with E-state index in [0.29, 0.717) is 0 Å². The highest BCUT2D eigenvalue weighted by Crippen LogP contribution is 2.63. The molecule has 10 rings (SSSR count). The fourth-order valence-corrected chi connectivity index (χ4v) is 8.88. The molecule has 2 aliphatic carbocycles. The molecular weight excluding hydrogens is 641 g/mol. The molecule has 53 heavy (non-hydrogen) atoms. The molecule has 2 aliphatic rings. The van der Waals surface area contributed by atoms with Crippen LogP contribution in [0, 0.1) is 0 Å². The predicted molar refractivity (Wildman–Crippen MR) is 221 cm³/mol. The number of para-hydroxylation sites is 1. The van der Waals surface area contributed by atoms with Crippen LogP contribution in [0.15, 0.2) is 194 Å². The van der Waals surface area contributed by atoms with Gasteiger partial charge in [0, 0.05) is 17.5 Å². The molecule has 1 heterocycles. The molecule has 0 radical (unpaired) electrons. The lowest BCUT2D eigenvalue weighted by molar-refractivity contribution is 0.794. The number of benzene rings is 7. The van der Waals surface area contributed by atoms with Crippen molar-refractivity contribution in [1.29, 1.82) is 0 Å². The van der Waals surface area contributed by atoms with Gasteiger partial charge in [0.1, 0.15) is 0 Å². The first-order valence-electron chi connectivity index (χ1n) is 18.3. The summed E-state index contributed by atoms with van der Waals surface area (Å²) >= 11 is 0. The van der Waals surface area contributed by atoms with Crippen LogP contribution in [0.2, 0.25) is 0 Å². The minimum atomic E-state index is -0.337. The number of aromatic nitrogens is 1. The Balaban J connectivity index is 1.00. The lowest BCUT2D eigenvalue weighted by Crippen LogP contribution is -2.25. The number of pyridine rings is 1. The molecule has 2 heteroatoms. The summed E-state index contributed by atoms with van der Waals surface area (Å²) in [6.45, 7) is 0. The maximum absolute atomic E-state index is 5.50. The second-order valence-electron chi connectivity index (χ2n) is 14.0. The average molecular weight is 677 g/mol. The Kier molecular flexibility index (Phi) is 7.30. The van der Waals surface area contributed by atoms with Crippen molar-refractivity contribution in [3.63, 3.8) is 0 Å². The number of fused-ring (bicyclic) bond motifs is 11. The Morgan fingerprint density at radius 1 is 0.434 bits per heavy atom. The van der Waals surface area contributed by atoms with Crippen LogP contribution >= 0.6 is 0 Å². The fourth-order valence-electron chi connectivity index (χ4n) is 8.88. The van der Waals surface area contributed by atoms with Gasteiger partial charge in [0.15, 0.2) is 0 Å². The zero-order chi connectivity index (χ0) is 35.4. The summed E-state index contributed by atoms with van der Waals surface area (Å²) in [6.07, 6.45) is 8.17. The van der Waals surface area contributed by atoms with Crippen molar-refractivity contribution >= 4 is 10.9 Å². The van der Waals surface area contributed by atoms with E-state index in [2.05, 4.69) is 176 Å². The van der Waals surface area contributed by atoms with Crippen LogP contribution in [-0.4, -0.2) is 4.98 Å². The van der Waals surface area contributed by atoms with Crippen LogP contribution in [0.25, 0.3) is 66.5 Å². The first kappa shape index (κ1) is 31.0. The average Bonchev–Trinajstić information content (AvgIpc) is 3.69. The van der Waals surface area contributed by atoms with Crippen molar-refractivity contribution in [3.8, 4) is 55.6 Å². The van der Waals surface area contributed by atoms with Gasteiger partial charge in [0.25, 0.3) is 0 Å². The highest BCUT2D eigenvalue weighted by Gasteiger charge is 2.51. The standard InChI is InChI=1S/C51H36N2/c52-31-11-1-2-12-39-33-45(44-16-6-10-20-50(44)53-39)37-27-25-35(26-28-37)34-21-23-36(24-22-34)38-29-30-43-42-15-5-9-19-48(42)51(49(43)32-38)46-17-7-3-13-40(46)41-14-4-8-18-47(41)51/h1-11,13-33H,12,52H2/b2-1-,31-11-.